The fraction of sp³-hybridized carbons (Fsp3) is 0. The summed E-state index contributed by atoms with van der Waals surface area (Å²) in [6, 6.07) is 70.1. The molecule has 0 saturated heterocycles. The van der Waals surface area contributed by atoms with Crippen molar-refractivity contribution in [2.24, 2.45) is 0 Å². The molecule has 0 bridgehead atoms. The number of benzene rings is 9. The van der Waals surface area contributed by atoms with E-state index in [1.54, 1.807) is 0 Å². The Kier molecular flexibility index (Phi) is 7.21. The zero-order chi connectivity index (χ0) is 40.0. The molecule has 0 fully saturated rings. The molecule has 0 aliphatic carbocycles. The third-order valence-corrected chi connectivity index (χ3v) is 12.1. The zero-order valence-corrected chi connectivity index (χ0v) is 32.7. The van der Waals surface area contributed by atoms with Crippen LogP contribution in [0.3, 0.4) is 0 Å². The average molecular weight is 780 g/mol. The minimum Gasteiger partial charge on any atom is -0.455 e. The number of nitrogens with zero attached hydrogens (tertiary/aromatic N) is 5. The third-order valence-electron chi connectivity index (χ3n) is 12.1. The van der Waals surface area contributed by atoms with E-state index in [2.05, 4.69) is 179 Å². The van der Waals surface area contributed by atoms with Crippen LogP contribution in [0.15, 0.2) is 205 Å². The Hall–Kier alpha value is -8.35. The molecule has 0 atom stereocenters. The molecular weight excluding hydrogens is 747 g/mol. The van der Waals surface area contributed by atoms with Gasteiger partial charge in [-0.15, -0.1) is 0 Å². The van der Waals surface area contributed by atoms with Gasteiger partial charge in [0.05, 0.1) is 38.7 Å². The van der Waals surface area contributed by atoms with Crippen LogP contribution in [0.25, 0.3) is 122 Å². The van der Waals surface area contributed by atoms with Gasteiger partial charge >= 0.3 is 0 Å². The Morgan fingerprint density at radius 1 is 0.361 bits per heavy atom. The number of furan rings is 1. The lowest BCUT2D eigenvalue weighted by atomic mass is 10.0. The molecule has 284 valence electrons. The number of hydrogen-bond donors (Lipinski definition) is 0. The average Bonchev–Trinajstić information content (AvgIpc) is 3.99. The summed E-state index contributed by atoms with van der Waals surface area (Å²) in [6.07, 6.45) is 0. The predicted molar refractivity (Wildman–Crippen MR) is 250 cm³/mol. The van der Waals surface area contributed by atoms with E-state index in [9.17, 15) is 0 Å². The molecule has 13 aromatic rings. The highest BCUT2D eigenvalue weighted by Gasteiger charge is 2.24. The van der Waals surface area contributed by atoms with Crippen molar-refractivity contribution in [1.29, 1.82) is 0 Å². The smallest absolute Gasteiger partial charge is 0.167 e. The van der Waals surface area contributed by atoms with Crippen LogP contribution in [0.5, 0.6) is 0 Å². The molecular formula is C55H33N5O. The fourth-order valence-electron chi connectivity index (χ4n) is 9.48. The molecule has 0 radical (unpaired) electrons. The number of rotatable bonds is 5. The Morgan fingerprint density at radius 2 is 0.967 bits per heavy atom. The van der Waals surface area contributed by atoms with E-state index in [4.69, 9.17) is 19.4 Å². The van der Waals surface area contributed by atoms with Crippen LogP contribution in [0.4, 0.5) is 0 Å². The molecule has 0 unspecified atom stereocenters. The van der Waals surface area contributed by atoms with Gasteiger partial charge in [0.15, 0.2) is 17.5 Å². The summed E-state index contributed by atoms with van der Waals surface area (Å²) < 4.78 is 11.6. The van der Waals surface area contributed by atoms with Gasteiger partial charge in [-0.05, 0) is 71.4 Å². The van der Waals surface area contributed by atoms with E-state index in [0.717, 1.165) is 82.8 Å². The lowest BCUT2D eigenvalue weighted by Gasteiger charge is -2.13. The minimum absolute atomic E-state index is 0.538. The van der Waals surface area contributed by atoms with Gasteiger partial charge in [-0.25, -0.2) is 15.0 Å². The van der Waals surface area contributed by atoms with E-state index in [1.807, 2.05) is 30.3 Å². The standard InChI is InChI=1S/C55H33N5O/c1-3-16-34(17-4-1)53-56-54(41-25-15-28-46-50(41)39-23-10-13-27-45(39)59(46)37-20-5-2-6-21-37)58-55(57-53)42-30-31-47(51-40-24-11-14-29-49(40)61-52(42)51)60-44-26-12-9-22-38(44)43-32-35-18-7-8-19-36(35)33-48(43)60/h1-33H. The Balaban J connectivity index is 1.10. The first-order chi connectivity index (χ1) is 30.3. The normalized spacial score (nSPS) is 11.9. The van der Waals surface area contributed by atoms with Crippen LogP contribution >= 0.6 is 0 Å². The first-order valence-electron chi connectivity index (χ1n) is 20.5. The summed E-state index contributed by atoms with van der Waals surface area (Å²) in [5.74, 6) is 1.72. The van der Waals surface area contributed by atoms with Crippen molar-refractivity contribution in [2.75, 3.05) is 0 Å². The van der Waals surface area contributed by atoms with Gasteiger partial charge in [0.1, 0.15) is 11.2 Å². The topological polar surface area (TPSA) is 61.7 Å². The summed E-state index contributed by atoms with van der Waals surface area (Å²) in [4.78, 5) is 15.9. The highest BCUT2D eigenvalue weighted by Crippen LogP contribution is 2.44. The van der Waals surface area contributed by atoms with Crippen LogP contribution < -0.4 is 0 Å². The largest absolute Gasteiger partial charge is 0.455 e. The van der Waals surface area contributed by atoms with E-state index >= 15 is 0 Å². The molecule has 61 heavy (non-hydrogen) atoms. The quantitative estimate of drug-likeness (QED) is 0.175. The fourth-order valence-corrected chi connectivity index (χ4v) is 9.48. The zero-order valence-electron chi connectivity index (χ0n) is 32.7. The Morgan fingerprint density at radius 3 is 1.77 bits per heavy atom. The van der Waals surface area contributed by atoms with Crippen molar-refractivity contribution in [3.63, 3.8) is 0 Å². The summed E-state index contributed by atoms with van der Waals surface area (Å²) in [6.45, 7) is 0. The van der Waals surface area contributed by atoms with Crippen molar-refractivity contribution in [3.05, 3.63) is 200 Å². The van der Waals surface area contributed by atoms with Crippen LogP contribution in [0.1, 0.15) is 0 Å². The van der Waals surface area contributed by atoms with Gasteiger partial charge in [0.2, 0.25) is 0 Å². The predicted octanol–water partition coefficient (Wildman–Crippen LogP) is 14.1. The molecule has 0 aliphatic heterocycles. The summed E-state index contributed by atoms with van der Waals surface area (Å²) in [5.41, 5.74) is 10.7. The number of fused-ring (bicyclic) bond motifs is 10. The lowest BCUT2D eigenvalue weighted by molar-refractivity contribution is 0.669. The van der Waals surface area contributed by atoms with Crippen molar-refractivity contribution in [1.82, 2.24) is 24.1 Å². The second-order valence-electron chi connectivity index (χ2n) is 15.6. The number of aromatic nitrogens is 5. The molecule has 13 rings (SSSR count). The molecule has 0 saturated carbocycles. The van der Waals surface area contributed by atoms with Gasteiger partial charge in [-0.3, -0.25) is 0 Å². The molecule has 9 aromatic carbocycles. The second kappa shape index (κ2) is 13.1. The summed E-state index contributed by atoms with van der Waals surface area (Å²) >= 11 is 0. The molecule has 4 heterocycles. The van der Waals surface area contributed by atoms with E-state index in [0.29, 0.717) is 17.5 Å². The molecule has 6 nitrogen and oxygen atoms in total. The minimum atomic E-state index is 0.538. The number of para-hydroxylation sites is 4. The van der Waals surface area contributed by atoms with Gasteiger partial charge in [0.25, 0.3) is 0 Å². The van der Waals surface area contributed by atoms with Crippen molar-refractivity contribution >= 4 is 76.3 Å². The maximum absolute atomic E-state index is 6.93. The molecule has 0 N–H and O–H groups in total. The molecule has 6 heteroatoms. The highest BCUT2D eigenvalue weighted by molar-refractivity contribution is 6.19. The highest BCUT2D eigenvalue weighted by atomic mass is 16.3. The summed E-state index contributed by atoms with van der Waals surface area (Å²) in [7, 11) is 0. The van der Waals surface area contributed by atoms with E-state index in [1.165, 1.54) is 21.5 Å². The molecule has 0 aliphatic rings. The maximum atomic E-state index is 6.93. The van der Waals surface area contributed by atoms with Crippen LogP contribution in [-0.4, -0.2) is 24.1 Å². The second-order valence-corrected chi connectivity index (χ2v) is 15.6. The maximum Gasteiger partial charge on any atom is 0.167 e. The monoisotopic (exact) mass is 779 g/mol. The van der Waals surface area contributed by atoms with Gasteiger partial charge < -0.3 is 13.6 Å². The van der Waals surface area contributed by atoms with Crippen LogP contribution in [0, 0.1) is 0 Å². The molecule has 4 aromatic heterocycles. The Bertz CT molecular complexity index is 3880. The lowest BCUT2D eigenvalue weighted by Crippen LogP contribution is -2.01. The molecule has 0 spiro atoms. The van der Waals surface area contributed by atoms with Crippen molar-refractivity contribution in [2.45, 2.75) is 0 Å². The first-order valence-corrected chi connectivity index (χ1v) is 20.5. The van der Waals surface area contributed by atoms with E-state index in [-0.39, 0.29) is 0 Å². The van der Waals surface area contributed by atoms with E-state index < -0.39 is 0 Å². The molecule has 0 amide bonds. The number of hydrogen-bond acceptors (Lipinski definition) is 4. The third kappa shape index (κ3) is 5.06. The summed E-state index contributed by atoms with van der Waals surface area (Å²) in [5, 5.41) is 9.05. The Labute approximate surface area is 349 Å². The van der Waals surface area contributed by atoms with Gasteiger partial charge in [-0.2, -0.15) is 0 Å². The first kappa shape index (κ1) is 33.6. The van der Waals surface area contributed by atoms with Gasteiger partial charge in [-0.1, -0.05) is 140 Å². The van der Waals surface area contributed by atoms with Crippen molar-refractivity contribution < 1.29 is 4.42 Å². The van der Waals surface area contributed by atoms with Gasteiger partial charge in [0, 0.05) is 43.7 Å². The van der Waals surface area contributed by atoms with Crippen molar-refractivity contribution in [3.8, 4) is 45.5 Å². The SMILES string of the molecule is c1ccc(-c2nc(-c3ccc(-n4c5ccccc5c5cc6ccccc6cc54)c4c3oc3ccccc34)nc(-c3cccc4c3c3ccccc3n4-c3ccccc3)n2)cc1. The van der Waals surface area contributed by atoms with Crippen LogP contribution in [-0.2, 0) is 0 Å². The van der Waals surface area contributed by atoms with Crippen LogP contribution in [0.2, 0.25) is 0 Å².